The summed E-state index contributed by atoms with van der Waals surface area (Å²) < 4.78 is 0. The number of aliphatic hydroxyl groups excluding tert-OH is 2. The van der Waals surface area contributed by atoms with E-state index >= 15 is 0 Å². The maximum atomic E-state index is 13.9. The van der Waals surface area contributed by atoms with Crippen LogP contribution in [0, 0.1) is 0 Å². The van der Waals surface area contributed by atoms with E-state index in [1.807, 2.05) is 0 Å². The Balaban J connectivity index is 0.0000296. The highest BCUT2D eigenvalue weighted by atomic mass is 16.4. The first-order valence-corrected chi connectivity index (χ1v) is 24.2. The van der Waals surface area contributed by atoms with Crippen LogP contribution in [0.3, 0.4) is 0 Å². The number of hydrogen-bond acceptors (Lipinski definition) is 16. The van der Waals surface area contributed by atoms with E-state index in [9.17, 15) is 68.1 Å². The molecule has 32 heteroatoms. The molecule has 24 N–H and O–H groups in total. The minimum absolute atomic E-state index is 0. The summed E-state index contributed by atoms with van der Waals surface area (Å²) in [5.41, 5.74) is 27.6. The molecule has 0 saturated carbocycles. The summed E-state index contributed by atoms with van der Waals surface area (Å²) in [5.74, 6) is -11.4. The third-order valence-electron chi connectivity index (χ3n) is 11.4. The Morgan fingerprint density at radius 3 is 1.77 bits per heavy atom. The number of carbonyl (C=O) groups excluding carboxylic acids is 9. The molecule has 1 aromatic rings. The summed E-state index contributed by atoms with van der Waals surface area (Å²) in [7, 11) is 0. The molecular weight excluding hydrogens is 1030 g/mol. The van der Waals surface area contributed by atoms with Gasteiger partial charge in [0.1, 0.15) is 48.3 Å². The van der Waals surface area contributed by atoms with Crippen LogP contribution in [0.5, 0.6) is 0 Å². The Morgan fingerprint density at radius 2 is 1.23 bits per heavy atom. The molecule has 1 aromatic carbocycles. The first-order valence-electron chi connectivity index (χ1n) is 24.2. The molecule has 9 atom stereocenters. The molecule has 0 aliphatic carbocycles. The monoisotopic (exact) mass is 1110 g/mol. The molecule has 1 saturated heterocycles. The van der Waals surface area contributed by atoms with Gasteiger partial charge in [0.15, 0.2) is 11.9 Å². The summed E-state index contributed by atoms with van der Waals surface area (Å²) in [6, 6.07) is -3.39. The number of nitrogens with zero attached hydrogens (tertiary/aromatic N) is 3. The van der Waals surface area contributed by atoms with Crippen molar-refractivity contribution in [2.45, 2.75) is 134 Å². The van der Waals surface area contributed by atoms with Crippen LogP contribution in [-0.4, -0.2) is 202 Å². The highest BCUT2D eigenvalue weighted by Crippen LogP contribution is 2.20. The third kappa shape index (κ3) is 25.1. The van der Waals surface area contributed by atoms with Crippen molar-refractivity contribution in [3.05, 3.63) is 35.9 Å². The lowest BCUT2D eigenvalue weighted by Gasteiger charge is -2.30. The minimum Gasteiger partial charge on any atom is -0.481 e. The highest BCUT2D eigenvalue weighted by Gasteiger charge is 2.40. The van der Waals surface area contributed by atoms with E-state index in [-0.39, 0.29) is 83.0 Å². The second-order valence-corrected chi connectivity index (χ2v) is 17.5. The molecule has 32 nitrogen and oxygen atoms in total. The molecule has 0 radical (unpaired) electrons. The van der Waals surface area contributed by atoms with Crippen LogP contribution >= 0.6 is 0 Å². The maximum absolute atomic E-state index is 13.9. The Morgan fingerprint density at radius 1 is 0.679 bits per heavy atom. The molecule has 1 aliphatic rings. The van der Waals surface area contributed by atoms with Crippen molar-refractivity contribution >= 4 is 77.0 Å². The fourth-order valence-corrected chi connectivity index (χ4v) is 7.47. The van der Waals surface area contributed by atoms with E-state index < -0.39 is 152 Å². The van der Waals surface area contributed by atoms with Crippen LogP contribution in [-0.2, 0) is 59.2 Å². The van der Waals surface area contributed by atoms with Gasteiger partial charge < -0.3 is 102 Å². The van der Waals surface area contributed by atoms with E-state index in [4.69, 9.17) is 33.8 Å². The topological polar surface area (TPSA) is 554 Å². The average molecular weight is 1110 g/mol. The zero-order chi connectivity index (χ0) is 57.1. The number of carboxylic acid groups (broad SMARTS) is 2. The lowest BCUT2D eigenvalue weighted by Crippen LogP contribution is -2.60. The van der Waals surface area contributed by atoms with Gasteiger partial charge in [0.25, 0.3) is 0 Å². The number of carboxylic acids is 2. The lowest BCUT2D eigenvalue weighted by atomic mass is 10.0. The summed E-state index contributed by atoms with van der Waals surface area (Å²) in [5, 5.41) is 57.9. The highest BCUT2D eigenvalue weighted by molar-refractivity contribution is 5.98. The molecule has 0 aromatic heterocycles. The van der Waals surface area contributed by atoms with Crippen LogP contribution in [0.1, 0.15) is 78.2 Å². The fourth-order valence-electron chi connectivity index (χ4n) is 7.47. The number of benzene rings is 1. The van der Waals surface area contributed by atoms with Crippen molar-refractivity contribution in [1.29, 1.82) is 0 Å². The Bertz CT molecular complexity index is 2250. The standard InChI is InChI=1S/C45H72N16O15.CH4.H2O/c1-23(36(68)58-28(43(75)76)14-15-34(66)67)54-38(70)29(19-25-9-4-3-5-10-25)59-39(71)30(22-62)56-33(65)21-53-41(73)35(24(2)63)60-37(69)26(11-6-16-51-44(47)48)57-40(72)31-13-8-18-61(31)42(74)27(55-32(64)20-46)12-7-17-52-45(49)50;;/h3-5,9-10,23-24,26-31,35,62-63H,6-8,11-22,46H2,1-2H3,(H,53,73)(H,54,70)(H,55,64)(H,56,65)(H,57,72)(H,58,68)(H,59,71)(H,60,69)(H,66,67)(H,75,76)(H4,47,48,51)(H4,49,50,52);1H4;1H2/t23-,24+,26-,27-,28-,29-,30-,31-,35-;;/m0../s1. The van der Waals surface area contributed by atoms with Gasteiger partial charge in [0, 0.05) is 32.5 Å². The van der Waals surface area contributed by atoms with E-state index in [1.165, 1.54) is 11.8 Å². The molecule has 2 rings (SSSR count). The number of aliphatic hydroxyl groups is 2. The van der Waals surface area contributed by atoms with Gasteiger partial charge in [-0.3, -0.25) is 57.9 Å². The molecule has 1 heterocycles. The zero-order valence-electron chi connectivity index (χ0n) is 42.7. The fraction of sp³-hybridized carbons (Fsp3) is 0.587. The van der Waals surface area contributed by atoms with Gasteiger partial charge >= 0.3 is 11.9 Å². The molecule has 1 fully saturated rings. The van der Waals surface area contributed by atoms with Gasteiger partial charge in [-0.2, -0.15) is 0 Å². The number of nitrogens with two attached hydrogens (primary N) is 5. The Hall–Kier alpha value is -8.23. The van der Waals surface area contributed by atoms with Crippen molar-refractivity contribution in [1.82, 2.24) is 47.4 Å². The molecular formula is C46H78N16O16. The second kappa shape index (κ2) is 35.9. The number of rotatable bonds is 33. The van der Waals surface area contributed by atoms with E-state index in [0.29, 0.717) is 12.0 Å². The SMILES string of the molecule is C.C[C@H](NC(=O)[C@H](Cc1ccccc1)NC(=O)[C@H](CO)NC(=O)CNC(=O)[C@@H](NC(=O)[C@H](CCCN=C(N)N)NC(=O)[C@@H]1CCCN1C(=O)[C@H](CCCN=C(N)N)NC(=O)CN)[C@@H](C)O)C(=O)N[C@@H](CCC(=O)O)C(=O)O.O. The minimum atomic E-state index is -1.76. The van der Waals surface area contributed by atoms with Crippen LogP contribution in [0.4, 0.5) is 0 Å². The summed E-state index contributed by atoms with van der Waals surface area (Å²) in [6.07, 6.45) is -1.92. The van der Waals surface area contributed by atoms with E-state index in [2.05, 4.69) is 52.5 Å². The number of aliphatic imine (C=N–C) groups is 2. The van der Waals surface area contributed by atoms with Gasteiger partial charge in [-0.1, -0.05) is 37.8 Å². The molecule has 9 amide bonds. The van der Waals surface area contributed by atoms with Crippen LogP contribution in [0.25, 0.3) is 0 Å². The number of hydrogen-bond donors (Lipinski definition) is 17. The number of amides is 9. The molecule has 0 unspecified atom stereocenters. The summed E-state index contributed by atoms with van der Waals surface area (Å²) >= 11 is 0. The number of guanidine groups is 2. The van der Waals surface area contributed by atoms with Crippen LogP contribution < -0.4 is 71.2 Å². The normalized spacial score (nSPS) is 15.6. The van der Waals surface area contributed by atoms with Crippen LogP contribution in [0.15, 0.2) is 40.3 Å². The summed E-state index contributed by atoms with van der Waals surface area (Å²) in [4.78, 5) is 152. The molecule has 1 aliphatic heterocycles. The van der Waals surface area contributed by atoms with Gasteiger partial charge in [0.2, 0.25) is 53.2 Å². The van der Waals surface area contributed by atoms with E-state index in [0.717, 1.165) is 6.92 Å². The first-order chi connectivity index (χ1) is 35.9. The van der Waals surface area contributed by atoms with Crippen molar-refractivity contribution in [2.24, 2.45) is 38.7 Å². The predicted octanol–water partition coefficient (Wildman–Crippen LogP) is -8.05. The first kappa shape index (κ1) is 69.8. The van der Waals surface area contributed by atoms with Crippen molar-refractivity contribution in [3.8, 4) is 0 Å². The Labute approximate surface area is 449 Å². The average Bonchev–Trinajstić information content (AvgIpc) is 3.86. The molecule has 78 heavy (non-hydrogen) atoms. The van der Waals surface area contributed by atoms with Crippen molar-refractivity contribution < 1.29 is 78.6 Å². The van der Waals surface area contributed by atoms with Crippen LogP contribution in [0.2, 0.25) is 0 Å². The van der Waals surface area contributed by atoms with Gasteiger partial charge in [-0.05, 0) is 64.4 Å². The largest absolute Gasteiger partial charge is 0.481 e. The second-order valence-electron chi connectivity index (χ2n) is 17.5. The quantitative estimate of drug-likeness (QED) is 0.0177. The number of likely N-dealkylation sites (tertiary alicyclic amines) is 1. The predicted molar refractivity (Wildman–Crippen MR) is 280 cm³/mol. The zero-order valence-corrected chi connectivity index (χ0v) is 42.7. The van der Waals surface area contributed by atoms with Gasteiger partial charge in [0.05, 0.1) is 25.8 Å². The lowest BCUT2D eigenvalue weighted by molar-refractivity contribution is -0.143. The number of aliphatic carboxylic acids is 2. The van der Waals surface area contributed by atoms with Gasteiger partial charge in [-0.15, -0.1) is 0 Å². The number of nitrogens with one attached hydrogen (secondary N) is 8. The molecule has 0 spiro atoms. The van der Waals surface area contributed by atoms with Crippen molar-refractivity contribution in [3.63, 3.8) is 0 Å². The smallest absolute Gasteiger partial charge is 0.326 e. The molecule has 438 valence electrons. The molecule has 0 bridgehead atoms. The third-order valence-corrected chi connectivity index (χ3v) is 11.4. The van der Waals surface area contributed by atoms with Gasteiger partial charge in [-0.25, -0.2) is 4.79 Å². The van der Waals surface area contributed by atoms with Crippen molar-refractivity contribution in [2.75, 3.05) is 39.3 Å². The summed E-state index contributed by atoms with van der Waals surface area (Å²) in [6.45, 7) is 0.282. The number of carbonyl (C=O) groups is 11. The maximum Gasteiger partial charge on any atom is 0.326 e. The Kier molecular flexibility index (Phi) is 32.1. The van der Waals surface area contributed by atoms with E-state index in [1.54, 1.807) is 30.3 Å².